The summed E-state index contributed by atoms with van der Waals surface area (Å²) in [6, 6.07) is -0.743. The third kappa shape index (κ3) is 2.26. The standard InChI is InChI=1S/C8H9F3N2O3/c1-4(7(15)16-2)13-6(14)3-5(12-13)8(9,10)11/h3-4,12H,1-2H3/t4-/m1/s1. The maximum atomic E-state index is 12.2. The highest BCUT2D eigenvalue weighted by atomic mass is 19.4. The molecule has 0 bridgehead atoms. The molecule has 0 spiro atoms. The quantitative estimate of drug-likeness (QED) is 0.779. The molecule has 0 amide bonds. The molecule has 0 saturated heterocycles. The van der Waals surface area contributed by atoms with Crippen LogP contribution in [0.3, 0.4) is 0 Å². The van der Waals surface area contributed by atoms with Gasteiger partial charge in [0.05, 0.1) is 7.11 Å². The van der Waals surface area contributed by atoms with Crippen LogP contribution in [-0.4, -0.2) is 22.9 Å². The Morgan fingerprint density at radius 3 is 2.50 bits per heavy atom. The minimum absolute atomic E-state index is 0.388. The summed E-state index contributed by atoms with van der Waals surface area (Å²) in [5.41, 5.74) is -2.14. The van der Waals surface area contributed by atoms with Gasteiger partial charge in [0.2, 0.25) is 0 Å². The molecule has 0 fully saturated rings. The van der Waals surface area contributed by atoms with E-state index in [9.17, 15) is 22.8 Å². The monoisotopic (exact) mass is 238 g/mol. The number of aromatic amines is 1. The first kappa shape index (κ1) is 12.3. The molecule has 5 nitrogen and oxygen atoms in total. The van der Waals surface area contributed by atoms with E-state index in [-0.39, 0.29) is 0 Å². The number of hydrogen-bond acceptors (Lipinski definition) is 3. The van der Waals surface area contributed by atoms with Gasteiger partial charge in [0.15, 0.2) is 0 Å². The van der Waals surface area contributed by atoms with E-state index in [2.05, 4.69) is 4.74 Å². The Balaban J connectivity index is 3.13. The van der Waals surface area contributed by atoms with Gasteiger partial charge in [0.1, 0.15) is 11.7 Å². The van der Waals surface area contributed by atoms with Gasteiger partial charge in [-0.2, -0.15) is 13.2 Å². The Kier molecular flexibility index (Phi) is 3.11. The zero-order chi connectivity index (χ0) is 12.5. The van der Waals surface area contributed by atoms with E-state index in [1.54, 1.807) is 0 Å². The zero-order valence-electron chi connectivity index (χ0n) is 8.46. The van der Waals surface area contributed by atoms with Gasteiger partial charge in [0.25, 0.3) is 5.56 Å². The number of alkyl halides is 3. The predicted octanol–water partition coefficient (Wildman–Crippen LogP) is 0.929. The molecule has 1 N–H and O–H groups in total. The fourth-order valence-electron chi connectivity index (χ4n) is 1.12. The number of aromatic nitrogens is 2. The number of carbonyl (C=O) groups excluding carboxylic acids is 1. The maximum Gasteiger partial charge on any atom is 0.432 e. The van der Waals surface area contributed by atoms with Gasteiger partial charge in [-0.05, 0) is 6.92 Å². The van der Waals surface area contributed by atoms with E-state index in [1.807, 2.05) is 5.10 Å². The second kappa shape index (κ2) is 4.03. The van der Waals surface area contributed by atoms with Crippen LogP contribution in [0.4, 0.5) is 13.2 Å². The van der Waals surface area contributed by atoms with Crippen LogP contribution in [0.25, 0.3) is 0 Å². The van der Waals surface area contributed by atoms with Gasteiger partial charge in [-0.3, -0.25) is 9.89 Å². The molecule has 1 rings (SSSR count). The summed E-state index contributed by atoms with van der Waals surface area (Å²) in [6.07, 6.45) is -4.65. The lowest BCUT2D eigenvalue weighted by molar-refractivity contribution is -0.146. The third-order valence-electron chi connectivity index (χ3n) is 1.98. The van der Waals surface area contributed by atoms with Crippen LogP contribution in [0.1, 0.15) is 18.7 Å². The Bertz CT molecular complexity index is 446. The highest BCUT2D eigenvalue weighted by Gasteiger charge is 2.34. The summed E-state index contributed by atoms with van der Waals surface area (Å²) in [7, 11) is 1.08. The van der Waals surface area contributed by atoms with Crippen molar-refractivity contribution in [1.82, 2.24) is 9.78 Å². The summed E-state index contributed by atoms with van der Waals surface area (Å²) >= 11 is 0. The molecule has 0 aromatic carbocycles. The van der Waals surface area contributed by atoms with Crippen molar-refractivity contribution in [3.8, 4) is 0 Å². The van der Waals surface area contributed by atoms with E-state index in [0.717, 1.165) is 7.11 Å². The van der Waals surface area contributed by atoms with Crippen LogP contribution in [0, 0.1) is 0 Å². The predicted molar refractivity (Wildman–Crippen MR) is 46.8 cm³/mol. The average molecular weight is 238 g/mol. The molecular weight excluding hydrogens is 229 g/mol. The molecule has 0 aliphatic heterocycles. The van der Waals surface area contributed by atoms with Crippen LogP contribution in [-0.2, 0) is 15.7 Å². The highest BCUT2D eigenvalue weighted by Crippen LogP contribution is 2.26. The van der Waals surface area contributed by atoms with E-state index >= 15 is 0 Å². The normalized spacial score (nSPS) is 13.6. The molecule has 8 heteroatoms. The third-order valence-corrected chi connectivity index (χ3v) is 1.98. The topological polar surface area (TPSA) is 64.1 Å². The van der Waals surface area contributed by atoms with Crippen molar-refractivity contribution in [2.75, 3.05) is 7.11 Å². The second-order valence-electron chi connectivity index (χ2n) is 3.07. The van der Waals surface area contributed by atoms with Gasteiger partial charge in [-0.15, -0.1) is 0 Å². The van der Waals surface area contributed by atoms with Crippen LogP contribution >= 0.6 is 0 Å². The van der Waals surface area contributed by atoms with Crippen LogP contribution in [0.2, 0.25) is 0 Å². The summed E-state index contributed by atoms with van der Waals surface area (Å²) in [5, 5.41) is 1.81. The number of hydrogen-bond donors (Lipinski definition) is 1. The first-order valence-corrected chi connectivity index (χ1v) is 4.24. The van der Waals surface area contributed by atoms with Gasteiger partial charge < -0.3 is 4.74 Å². The number of nitrogens with one attached hydrogen (secondary N) is 1. The second-order valence-corrected chi connectivity index (χ2v) is 3.07. The molecule has 1 aromatic rings. The van der Waals surface area contributed by atoms with Crippen molar-refractivity contribution in [3.05, 3.63) is 22.1 Å². The molecule has 0 aliphatic rings. The smallest absolute Gasteiger partial charge is 0.432 e. The van der Waals surface area contributed by atoms with Crippen molar-refractivity contribution in [3.63, 3.8) is 0 Å². The minimum Gasteiger partial charge on any atom is -0.467 e. The number of halogens is 3. The number of rotatable bonds is 2. The Labute approximate surface area is 87.8 Å². The molecule has 0 aliphatic carbocycles. The number of carbonyl (C=O) groups is 1. The first-order valence-electron chi connectivity index (χ1n) is 4.24. The molecule has 16 heavy (non-hydrogen) atoms. The van der Waals surface area contributed by atoms with E-state index < -0.39 is 29.4 Å². The van der Waals surface area contributed by atoms with Gasteiger partial charge in [-0.25, -0.2) is 9.48 Å². The lowest BCUT2D eigenvalue weighted by Crippen LogP contribution is -2.27. The summed E-state index contributed by atoms with van der Waals surface area (Å²) in [6.45, 7) is 1.25. The summed E-state index contributed by atoms with van der Waals surface area (Å²) < 4.78 is 41.6. The first-order chi connectivity index (χ1) is 7.27. The molecule has 0 unspecified atom stereocenters. The lowest BCUT2D eigenvalue weighted by Gasteiger charge is -2.10. The van der Waals surface area contributed by atoms with Crippen molar-refractivity contribution in [2.24, 2.45) is 0 Å². The van der Waals surface area contributed by atoms with Crippen molar-refractivity contribution >= 4 is 5.97 Å². The highest BCUT2D eigenvalue weighted by molar-refractivity contribution is 5.73. The van der Waals surface area contributed by atoms with E-state index in [0.29, 0.717) is 10.7 Å². The van der Waals surface area contributed by atoms with Crippen LogP contribution < -0.4 is 5.56 Å². The molecule has 0 saturated carbocycles. The maximum absolute atomic E-state index is 12.2. The molecule has 1 atom stereocenters. The van der Waals surface area contributed by atoms with Crippen LogP contribution in [0.5, 0.6) is 0 Å². The number of H-pyrrole nitrogens is 1. The van der Waals surface area contributed by atoms with Gasteiger partial charge in [-0.1, -0.05) is 0 Å². The minimum atomic E-state index is -4.65. The van der Waals surface area contributed by atoms with Crippen molar-refractivity contribution in [2.45, 2.75) is 19.1 Å². The van der Waals surface area contributed by atoms with E-state index in [1.165, 1.54) is 6.92 Å². The SMILES string of the molecule is COC(=O)[C@@H](C)n1[nH]c(C(F)(F)F)cc1=O. The number of methoxy groups -OCH3 is 1. The molecule has 90 valence electrons. The molecule has 1 aromatic heterocycles. The summed E-state index contributed by atoms with van der Waals surface area (Å²) in [4.78, 5) is 22.2. The Morgan fingerprint density at radius 2 is 2.12 bits per heavy atom. The Morgan fingerprint density at radius 1 is 1.56 bits per heavy atom. The molecule has 1 heterocycles. The van der Waals surface area contributed by atoms with Crippen molar-refractivity contribution in [1.29, 1.82) is 0 Å². The summed E-state index contributed by atoms with van der Waals surface area (Å²) in [5.74, 6) is -0.808. The van der Waals surface area contributed by atoms with Gasteiger partial charge >= 0.3 is 12.1 Å². The number of nitrogens with zero attached hydrogens (tertiary/aromatic N) is 1. The molecule has 0 radical (unpaired) electrons. The van der Waals surface area contributed by atoms with Crippen LogP contribution in [0.15, 0.2) is 10.9 Å². The number of esters is 1. The lowest BCUT2D eigenvalue weighted by atomic mass is 10.3. The number of ether oxygens (including phenoxy) is 1. The fourth-order valence-corrected chi connectivity index (χ4v) is 1.12. The molecular formula is C8H9F3N2O3. The Hall–Kier alpha value is -1.73. The van der Waals surface area contributed by atoms with Crippen molar-refractivity contribution < 1.29 is 22.7 Å². The average Bonchev–Trinajstić information content (AvgIpc) is 2.57. The largest absolute Gasteiger partial charge is 0.467 e. The fraction of sp³-hybridized carbons (Fsp3) is 0.500. The van der Waals surface area contributed by atoms with E-state index in [4.69, 9.17) is 0 Å². The zero-order valence-corrected chi connectivity index (χ0v) is 8.46. The van der Waals surface area contributed by atoms with Gasteiger partial charge in [0, 0.05) is 6.07 Å².